The first-order chi connectivity index (χ1) is 6.13. The Hall–Kier alpha value is -0.610. The maximum absolute atomic E-state index is 11.5. The van der Waals surface area contributed by atoms with Crippen molar-refractivity contribution >= 4 is 5.91 Å². The average molecular weight is 187 g/mol. The fourth-order valence-corrected chi connectivity index (χ4v) is 1.41. The number of ether oxygens (including phenoxy) is 1. The van der Waals surface area contributed by atoms with Crippen molar-refractivity contribution in [1.82, 2.24) is 5.32 Å². The summed E-state index contributed by atoms with van der Waals surface area (Å²) in [6.07, 6.45) is 0.962. The van der Waals surface area contributed by atoms with E-state index >= 15 is 0 Å². The second kappa shape index (κ2) is 4.58. The van der Waals surface area contributed by atoms with Crippen molar-refractivity contribution in [2.24, 2.45) is 5.92 Å². The van der Waals surface area contributed by atoms with E-state index in [9.17, 15) is 4.79 Å². The molecule has 0 spiro atoms. The molecule has 0 aromatic heterocycles. The normalized spacial score (nSPS) is 30.1. The van der Waals surface area contributed by atoms with Gasteiger partial charge in [0, 0.05) is 6.04 Å². The van der Waals surface area contributed by atoms with E-state index in [1.165, 1.54) is 0 Å². The van der Waals surface area contributed by atoms with E-state index in [0.717, 1.165) is 6.42 Å². The molecule has 0 aromatic rings. The SMILES string of the molecule is CC(CO)NC(=O)C1COC(C)C1. The summed E-state index contributed by atoms with van der Waals surface area (Å²) in [6, 6.07) is -0.164. The molecule has 1 aliphatic heterocycles. The lowest BCUT2D eigenvalue weighted by Gasteiger charge is -2.13. The highest BCUT2D eigenvalue weighted by Crippen LogP contribution is 2.18. The number of hydrogen-bond donors (Lipinski definition) is 2. The number of aliphatic hydroxyl groups is 1. The minimum absolute atomic E-state index is 0.00843. The minimum atomic E-state index is -0.164. The standard InChI is InChI=1S/C9H17NO3/c1-6(4-11)10-9(12)8-3-7(2)13-5-8/h6-8,11H,3-5H2,1-2H3,(H,10,12). The van der Waals surface area contributed by atoms with E-state index in [1.54, 1.807) is 6.92 Å². The van der Waals surface area contributed by atoms with Crippen LogP contribution in [0.4, 0.5) is 0 Å². The molecule has 1 amide bonds. The van der Waals surface area contributed by atoms with Gasteiger partial charge in [-0.3, -0.25) is 4.79 Å². The van der Waals surface area contributed by atoms with Crippen LogP contribution in [0.25, 0.3) is 0 Å². The van der Waals surface area contributed by atoms with Crippen LogP contribution in [0.3, 0.4) is 0 Å². The first kappa shape index (κ1) is 10.5. The number of carbonyl (C=O) groups is 1. The molecule has 1 aliphatic rings. The zero-order valence-electron chi connectivity index (χ0n) is 8.12. The molecule has 0 radical (unpaired) electrons. The van der Waals surface area contributed by atoms with Gasteiger partial charge in [0.15, 0.2) is 0 Å². The van der Waals surface area contributed by atoms with E-state index in [-0.39, 0.29) is 30.6 Å². The topological polar surface area (TPSA) is 58.6 Å². The molecular formula is C9H17NO3. The summed E-state index contributed by atoms with van der Waals surface area (Å²) in [5, 5.41) is 11.5. The first-order valence-corrected chi connectivity index (χ1v) is 4.66. The Morgan fingerprint density at radius 1 is 1.77 bits per heavy atom. The Morgan fingerprint density at radius 2 is 2.46 bits per heavy atom. The summed E-state index contributed by atoms with van der Waals surface area (Å²) < 4.78 is 5.28. The largest absolute Gasteiger partial charge is 0.394 e. The van der Waals surface area contributed by atoms with Gasteiger partial charge in [0.1, 0.15) is 0 Å². The molecule has 0 aromatic carbocycles. The molecule has 1 saturated heterocycles. The second-order valence-electron chi connectivity index (χ2n) is 3.67. The van der Waals surface area contributed by atoms with E-state index < -0.39 is 0 Å². The zero-order chi connectivity index (χ0) is 9.84. The van der Waals surface area contributed by atoms with Crippen LogP contribution < -0.4 is 5.32 Å². The van der Waals surface area contributed by atoms with Gasteiger partial charge in [0.2, 0.25) is 5.91 Å². The molecule has 0 aliphatic carbocycles. The molecule has 0 bridgehead atoms. The lowest BCUT2D eigenvalue weighted by Crippen LogP contribution is -2.39. The maximum atomic E-state index is 11.5. The highest BCUT2D eigenvalue weighted by Gasteiger charge is 2.28. The zero-order valence-corrected chi connectivity index (χ0v) is 8.12. The highest BCUT2D eigenvalue weighted by molar-refractivity contribution is 5.79. The van der Waals surface area contributed by atoms with Crippen LogP contribution in [0, 0.1) is 5.92 Å². The van der Waals surface area contributed by atoms with Gasteiger partial charge in [0.05, 0.1) is 25.2 Å². The lowest BCUT2D eigenvalue weighted by atomic mass is 10.1. The van der Waals surface area contributed by atoms with Gasteiger partial charge in [-0.05, 0) is 20.3 Å². The molecule has 3 atom stereocenters. The lowest BCUT2D eigenvalue weighted by molar-refractivity contribution is -0.125. The summed E-state index contributed by atoms with van der Waals surface area (Å²) in [6.45, 7) is 4.22. The van der Waals surface area contributed by atoms with Gasteiger partial charge >= 0.3 is 0 Å². The minimum Gasteiger partial charge on any atom is -0.394 e. The molecule has 1 heterocycles. The number of nitrogens with one attached hydrogen (secondary N) is 1. The molecule has 3 unspecified atom stereocenters. The fraction of sp³-hybridized carbons (Fsp3) is 0.889. The fourth-order valence-electron chi connectivity index (χ4n) is 1.41. The average Bonchev–Trinajstić information content (AvgIpc) is 2.51. The third-order valence-corrected chi connectivity index (χ3v) is 2.23. The van der Waals surface area contributed by atoms with Crippen LogP contribution in [-0.2, 0) is 9.53 Å². The first-order valence-electron chi connectivity index (χ1n) is 4.66. The Labute approximate surface area is 78.3 Å². The number of amides is 1. The van der Waals surface area contributed by atoms with Crippen molar-refractivity contribution in [2.45, 2.75) is 32.4 Å². The molecule has 76 valence electrons. The molecule has 4 heteroatoms. The van der Waals surface area contributed by atoms with Crippen LogP contribution in [-0.4, -0.2) is 36.4 Å². The third kappa shape index (κ3) is 2.97. The summed E-state index contributed by atoms with van der Waals surface area (Å²) in [5.41, 5.74) is 0. The number of rotatable bonds is 3. The summed E-state index contributed by atoms with van der Waals surface area (Å²) >= 11 is 0. The van der Waals surface area contributed by atoms with Crippen LogP contribution in [0.5, 0.6) is 0 Å². The molecular weight excluding hydrogens is 170 g/mol. The van der Waals surface area contributed by atoms with Crippen molar-refractivity contribution in [2.75, 3.05) is 13.2 Å². The van der Waals surface area contributed by atoms with E-state index in [0.29, 0.717) is 6.61 Å². The molecule has 1 rings (SSSR count). The van der Waals surface area contributed by atoms with E-state index in [1.807, 2.05) is 6.92 Å². The number of carbonyl (C=O) groups excluding carboxylic acids is 1. The molecule has 4 nitrogen and oxygen atoms in total. The predicted molar refractivity (Wildman–Crippen MR) is 48.2 cm³/mol. The number of hydrogen-bond acceptors (Lipinski definition) is 3. The summed E-state index contributed by atoms with van der Waals surface area (Å²) in [7, 11) is 0. The van der Waals surface area contributed by atoms with Crippen molar-refractivity contribution < 1.29 is 14.6 Å². The van der Waals surface area contributed by atoms with Crippen LogP contribution in [0.15, 0.2) is 0 Å². The Bertz CT molecular complexity index is 184. The molecule has 13 heavy (non-hydrogen) atoms. The monoisotopic (exact) mass is 187 g/mol. The molecule has 0 saturated carbocycles. The van der Waals surface area contributed by atoms with Crippen molar-refractivity contribution in [3.63, 3.8) is 0 Å². The van der Waals surface area contributed by atoms with Gasteiger partial charge in [-0.1, -0.05) is 0 Å². The highest BCUT2D eigenvalue weighted by atomic mass is 16.5. The van der Waals surface area contributed by atoms with Crippen molar-refractivity contribution in [3.05, 3.63) is 0 Å². The smallest absolute Gasteiger partial charge is 0.225 e. The number of aliphatic hydroxyl groups excluding tert-OH is 1. The van der Waals surface area contributed by atoms with Gasteiger partial charge in [-0.2, -0.15) is 0 Å². The summed E-state index contributed by atoms with van der Waals surface area (Å²) in [4.78, 5) is 11.5. The van der Waals surface area contributed by atoms with Crippen molar-refractivity contribution in [1.29, 1.82) is 0 Å². The quantitative estimate of drug-likeness (QED) is 0.649. The Kier molecular flexibility index (Phi) is 3.69. The maximum Gasteiger partial charge on any atom is 0.225 e. The van der Waals surface area contributed by atoms with Crippen molar-refractivity contribution in [3.8, 4) is 0 Å². The van der Waals surface area contributed by atoms with Crippen LogP contribution in [0.2, 0.25) is 0 Å². The van der Waals surface area contributed by atoms with Gasteiger partial charge in [-0.15, -0.1) is 0 Å². The van der Waals surface area contributed by atoms with Gasteiger partial charge in [0.25, 0.3) is 0 Å². The van der Waals surface area contributed by atoms with Gasteiger partial charge in [-0.25, -0.2) is 0 Å². The predicted octanol–water partition coefficient (Wildman–Crippen LogP) is -0.0916. The van der Waals surface area contributed by atoms with E-state index in [4.69, 9.17) is 9.84 Å². The van der Waals surface area contributed by atoms with Crippen LogP contribution >= 0.6 is 0 Å². The van der Waals surface area contributed by atoms with Crippen LogP contribution in [0.1, 0.15) is 20.3 Å². The van der Waals surface area contributed by atoms with E-state index in [2.05, 4.69) is 5.32 Å². The Balaban J connectivity index is 2.31. The van der Waals surface area contributed by atoms with Gasteiger partial charge < -0.3 is 15.2 Å². The second-order valence-corrected chi connectivity index (χ2v) is 3.67. The third-order valence-electron chi connectivity index (χ3n) is 2.23. The molecule has 1 fully saturated rings. The summed E-state index contributed by atoms with van der Waals surface area (Å²) in [5.74, 6) is -0.0464. The molecule has 2 N–H and O–H groups in total. The Morgan fingerprint density at radius 3 is 2.92 bits per heavy atom.